The van der Waals surface area contributed by atoms with E-state index in [1.165, 1.54) is 22.3 Å². The van der Waals surface area contributed by atoms with E-state index < -0.39 is 6.10 Å². The van der Waals surface area contributed by atoms with Crippen LogP contribution in [0.1, 0.15) is 72.4 Å². The van der Waals surface area contributed by atoms with Gasteiger partial charge in [0, 0.05) is 6.54 Å². The van der Waals surface area contributed by atoms with Gasteiger partial charge in [0.2, 0.25) is 0 Å². The number of ether oxygens (including phenoxy) is 1. The molecular weight excluding hydrogens is 420 g/mol. The maximum atomic E-state index is 11.2. The van der Waals surface area contributed by atoms with Crippen molar-refractivity contribution in [3.8, 4) is 5.75 Å². The number of hydrogen-bond acceptors (Lipinski definition) is 3. The zero-order chi connectivity index (χ0) is 24.2. The summed E-state index contributed by atoms with van der Waals surface area (Å²) < 4.78 is 8.38. The zero-order valence-electron chi connectivity index (χ0n) is 21.0. The van der Waals surface area contributed by atoms with E-state index in [1.54, 1.807) is 0 Å². The fraction of sp³-hybridized carbons (Fsp3) is 0.367. The quantitative estimate of drug-likeness (QED) is 0.275. The van der Waals surface area contributed by atoms with E-state index >= 15 is 0 Å². The molecule has 0 saturated carbocycles. The largest absolute Gasteiger partial charge is 0.493 e. The zero-order valence-corrected chi connectivity index (χ0v) is 21.0. The lowest BCUT2D eigenvalue weighted by Crippen LogP contribution is -2.11. The maximum absolute atomic E-state index is 11.2. The van der Waals surface area contributed by atoms with Crippen LogP contribution in [0.5, 0.6) is 5.75 Å². The van der Waals surface area contributed by atoms with Crippen molar-refractivity contribution in [2.75, 3.05) is 6.61 Å². The first-order chi connectivity index (χ1) is 16.3. The van der Waals surface area contributed by atoms with E-state index in [0.717, 1.165) is 41.7 Å². The minimum absolute atomic E-state index is 0.432. The number of aliphatic hydroxyl groups is 1. The molecule has 1 aromatic heterocycles. The molecule has 0 amide bonds. The maximum Gasteiger partial charge on any atom is 0.143 e. The van der Waals surface area contributed by atoms with Gasteiger partial charge < -0.3 is 14.4 Å². The van der Waals surface area contributed by atoms with E-state index in [1.807, 2.05) is 30.3 Å². The summed E-state index contributed by atoms with van der Waals surface area (Å²) in [4.78, 5) is 4.86. The monoisotopic (exact) mass is 456 g/mol. The number of unbranched alkanes of at least 4 members (excludes halogenated alkanes) is 1. The van der Waals surface area contributed by atoms with Crippen LogP contribution in [0.4, 0.5) is 0 Å². The Hall–Kier alpha value is -3.11. The van der Waals surface area contributed by atoms with Crippen LogP contribution < -0.4 is 4.74 Å². The fourth-order valence-corrected chi connectivity index (χ4v) is 4.42. The highest BCUT2D eigenvalue weighted by atomic mass is 16.5. The summed E-state index contributed by atoms with van der Waals surface area (Å²) in [6.45, 7) is 12.2. The fourth-order valence-electron chi connectivity index (χ4n) is 4.42. The van der Waals surface area contributed by atoms with E-state index in [0.29, 0.717) is 18.3 Å². The Kier molecular flexibility index (Phi) is 7.38. The highest BCUT2D eigenvalue weighted by Gasteiger charge is 2.20. The van der Waals surface area contributed by atoms with Gasteiger partial charge in [-0.2, -0.15) is 0 Å². The Morgan fingerprint density at radius 3 is 2.38 bits per heavy atom. The second kappa shape index (κ2) is 10.4. The van der Waals surface area contributed by atoms with Crippen molar-refractivity contribution in [3.63, 3.8) is 0 Å². The molecule has 0 fully saturated rings. The number of imidazole rings is 1. The molecule has 3 aromatic carbocycles. The van der Waals surface area contributed by atoms with Gasteiger partial charge in [0.1, 0.15) is 17.7 Å². The molecule has 0 aliphatic carbocycles. The molecule has 4 aromatic rings. The van der Waals surface area contributed by atoms with Crippen molar-refractivity contribution in [2.45, 2.75) is 66.0 Å². The third-order valence-corrected chi connectivity index (χ3v) is 6.58. The van der Waals surface area contributed by atoms with Crippen molar-refractivity contribution in [1.82, 2.24) is 9.55 Å². The van der Waals surface area contributed by atoms with Gasteiger partial charge in [-0.3, -0.25) is 0 Å². The number of nitrogens with zero attached hydrogens (tertiary/aromatic N) is 2. The third-order valence-electron chi connectivity index (χ3n) is 6.58. The lowest BCUT2D eigenvalue weighted by atomic mass is 10.0. The number of rotatable bonds is 9. The smallest absolute Gasteiger partial charge is 0.143 e. The predicted octanol–water partition coefficient (Wildman–Crippen LogP) is 7.03. The first-order valence-electron chi connectivity index (χ1n) is 12.3. The van der Waals surface area contributed by atoms with Crippen LogP contribution in [0.25, 0.3) is 11.0 Å². The van der Waals surface area contributed by atoms with Crippen LogP contribution in [-0.2, 0) is 6.54 Å². The summed E-state index contributed by atoms with van der Waals surface area (Å²) in [5.74, 6) is 2.13. The van der Waals surface area contributed by atoms with Crippen molar-refractivity contribution in [3.05, 3.63) is 94.3 Å². The molecule has 4 nitrogen and oxygen atoms in total. The summed E-state index contributed by atoms with van der Waals surface area (Å²) in [7, 11) is 0. The normalized spacial score (nSPS) is 12.4. The van der Waals surface area contributed by atoms with E-state index in [4.69, 9.17) is 9.72 Å². The standard InChI is InChI=1S/C30H36N2O2/c1-20(2)25-14-13-21(3)17-28(25)34-16-10-9-15-32-27-19-23(5)22(4)18-26(27)31-30(32)29(33)24-11-7-6-8-12-24/h6-8,11-14,17-20,29,33H,9-10,15-16H2,1-5H3. The first kappa shape index (κ1) is 24.0. The minimum Gasteiger partial charge on any atom is -0.493 e. The Morgan fingerprint density at radius 2 is 1.65 bits per heavy atom. The summed E-state index contributed by atoms with van der Waals surface area (Å²) in [6.07, 6.45) is 1.11. The Labute approximate surface area is 203 Å². The molecule has 0 aliphatic rings. The lowest BCUT2D eigenvalue weighted by Gasteiger charge is -2.16. The molecule has 1 N–H and O–H groups in total. The molecule has 0 radical (unpaired) electrons. The number of aryl methyl sites for hydroxylation is 4. The van der Waals surface area contributed by atoms with E-state index in [9.17, 15) is 5.11 Å². The molecular formula is C30H36N2O2. The molecule has 4 rings (SSSR count). The van der Waals surface area contributed by atoms with Gasteiger partial charge in [-0.05, 0) is 85.5 Å². The van der Waals surface area contributed by atoms with Crippen molar-refractivity contribution in [1.29, 1.82) is 0 Å². The molecule has 0 spiro atoms. The highest BCUT2D eigenvalue weighted by Crippen LogP contribution is 2.29. The number of aliphatic hydroxyl groups excluding tert-OH is 1. The van der Waals surface area contributed by atoms with Gasteiger partial charge >= 0.3 is 0 Å². The number of fused-ring (bicyclic) bond motifs is 1. The molecule has 34 heavy (non-hydrogen) atoms. The number of hydrogen-bond donors (Lipinski definition) is 1. The Morgan fingerprint density at radius 1 is 0.912 bits per heavy atom. The van der Waals surface area contributed by atoms with Crippen molar-refractivity contribution >= 4 is 11.0 Å². The van der Waals surface area contributed by atoms with Crippen molar-refractivity contribution in [2.24, 2.45) is 0 Å². The van der Waals surface area contributed by atoms with Gasteiger partial charge in [-0.25, -0.2) is 4.98 Å². The molecule has 0 aliphatic heterocycles. The molecule has 4 heteroatoms. The van der Waals surface area contributed by atoms with Crippen LogP contribution in [-0.4, -0.2) is 21.3 Å². The Balaban J connectivity index is 1.51. The van der Waals surface area contributed by atoms with Gasteiger partial charge in [-0.1, -0.05) is 56.3 Å². The average Bonchev–Trinajstić information content (AvgIpc) is 3.16. The first-order valence-corrected chi connectivity index (χ1v) is 12.3. The molecule has 1 heterocycles. The molecule has 178 valence electrons. The summed E-state index contributed by atoms with van der Waals surface area (Å²) in [5.41, 5.74) is 7.79. The van der Waals surface area contributed by atoms with Crippen LogP contribution in [0.3, 0.4) is 0 Å². The third kappa shape index (κ3) is 5.18. The number of benzene rings is 3. The van der Waals surface area contributed by atoms with E-state index in [-0.39, 0.29) is 0 Å². The number of aromatic nitrogens is 2. The van der Waals surface area contributed by atoms with E-state index in [2.05, 4.69) is 69.5 Å². The lowest BCUT2D eigenvalue weighted by molar-refractivity contribution is 0.204. The SMILES string of the molecule is Cc1ccc(C(C)C)c(OCCCCn2c(C(O)c3ccccc3)nc3cc(C)c(C)cc32)c1. The Bertz CT molecular complexity index is 1260. The van der Waals surface area contributed by atoms with Gasteiger partial charge in [-0.15, -0.1) is 0 Å². The van der Waals surface area contributed by atoms with Crippen molar-refractivity contribution < 1.29 is 9.84 Å². The van der Waals surface area contributed by atoms with Crippen LogP contribution in [0, 0.1) is 20.8 Å². The molecule has 1 atom stereocenters. The summed E-state index contributed by atoms with van der Waals surface area (Å²) in [6, 6.07) is 20.5. The second-order valence-corrected chi connectivity index (χ2v) is 9.61. The van der Waals surface area contributed by atoms with Crippen LogP contribution in [0.15, 0.2) is 60.7 Å². The average molecular weight is 457 g/mol. The van der Waals surface area contributed by atoms with Gasteiger partial charge in [0.05, 0.1) is 17.6 Å². The summed E-state index contributed by atoms with van der Waals surface area (Å²) >= 11 is 0. The predicted molar refractivity (Wildman–Crippen MR) is 140 cm³/mol. The van der Waals surface area contributed by atoms with Gasteiger partial charge in [0.25, 0.3) is 0 Å². The summed E-state index contributed by atoms with van der Waals surface area (Å²) in [5, 5.41) is 11.2. The van der Waals surface area contributed by atoms with Crippen LogP contribution >= 0.6 is 0 Å². The topological polar surface area (TPSA) is 47.3 Å². The van der Waals surface area contributed by atoms with Gasteiger partial charge in [0.15, 0.2) is 0 Å². The second-order valence-electron chi connectivity index (χ2n) is 9.61. The molecule has 0 saturated heterocycles. The molecule has 0 bridgehead atoms. The van der Waals surface area contributed by atoms with Crippen LogP contribution in [0.2, 0.25) is 0 Å². The highest BCUT2D eigenvalue weighted by molar-refractivity contribution is 5.78. The molecule has 1 unspecified atom stereocenters. The minimum atomic E-state index is -0.758.